The van der Waals surface area contributed by atoms with E-state index < -0.39 is 0 Å². The van der Waals surface area contributed by atoms with E-state index in [1.807, 2.05) is 49.2 Å². The number of hydrogen-bond acceptors (Lipinski definition) is 7. The van der Waals surface area contributed by atoms with Gasteiger partial charge in [0.15, 0.2) is 0 Å². The zero-order valence-corrected chi connectivity index (χ0v) is 18.3. The molecule has 3 N–H and O–H groups in total. The highest BCUT2D eigenvalue weighted by molar-refractivity contribution is 9.10. The summed E-state index contributed by atoms with van der Waals surface area (Å²) in [5, 5.41) is 9.67. The average molecular weight is 468 g/mol. The number of halogens is 1. The Hall–Kier alpha value is -3.20. The van der Waals surface area contributed by atoms with Crippen molar-refractivity contribution >= 4 is 38.3 Å². The maximum Gasteiger partial charge on any atom is 0.214 e. The summed E-state index contributed by atoms with van der Waals surface area (Å²) in [5.41, 5.74) is 8.83. The number of nitrogens with two attached hydrogens (primary N) is 1. The fourth-order valence-corrected chi connectivity index (χ4v) is 3.65. The molecule has 8 nitrogen and oxygen atoms in total. The number of anilines is 2. The average Bonchev–Trinajstić information content (AvgIpc) is 3.10. The van der Waals surface area contributed by atoms with Crippen LogP contribution in [-0.2, 0) is 13.5 Å². The van der Waals surface area contributed by atoms with E-state index in [-0.39, 0.29) is 0 Å². The van der Waals surface area contributed by atoms with Crippen LogP contribution >= 0.6 is 15.9 Å². The minimum atomic E-state index is 0.464. The molecule has 4 aromatic heterocycles. The molecule has 0 fully saturated rings. The first-order chi connectivity index (χ1) is 14.5. The molecule has 0 bridgehead atoms. The third kappa shape index (κ3) is 4.20. The van der Waals surface area contributed by atoms with Crippen LogP contribution in [-0.4, -0.2) is 38.4 Å². The molecule has 0 radical (unpaired) electrons. The lowest BCUT2D eigenvalue weighted by Crippen LogP contribution is -2.04. The highest BCUT2D eigenvalue weighted by Crippen LogP contribution is 2.31. The van der Waals surface area contributed by atoms with Crippen molar-refractivity contribution in [1.29, 1.82) is 0 Å². The molecule has 30 heavy (non-hydrogen) atoms. The molecule has 0 aromatic carbocycles. The molecule has 0 atom stereocenters. The van der Waals surface area contributed by atoms with Gasteiger partial charge in [-0.05, 0) is 47.0 Å². The Morgan fingerprint density at radius 1 is 1.17 bits per heavy atom. The Bertz CT molecular complexity index is 1190. The fourth-order valence-electron chi connectivity index (χ4n) is 3.33. The van der Waals surface area contributed by atoms with Gasteiger partial charge in [-0.3, -0.25) is 4.68 Å². The van der Waals surface area contributed by atoms with Gasteiger partial charge in [0.2, 0.25) is 5.88 Å². The largest absolute Gasteiger partial charge is 0.478 e. The zero-order valence-electron chi connectivity index (χ0n) is 16.8. The maximum atomic E-state index is 5.94. The fraction of sp³-hybridized carbons (Fsp3) is 0.238. The van der Waals surface area contributed by atoms with Crippen LogP contribution < -0.4 is 15.8 Å². The molecule has 0 aliphatic carbocycles. The van der Waals surface area contributed by atoms with Crippen molar-refractivity contribution in [2.24, 2.45) is 7.05 Å². The third-order valence-corrected chi connectivity index (χ3v) is 5.24. The minimum absolute atomic E-state index is 0.464. The number of rotatable bonds is 7. The maximum absolute atomic E-state index is 5.94. The highest BCUT2D eigenvalue weighted by Gasteiger charge is 2.14. The molecule has 4 rings (SSSR count). The molecule has 154 valence electrons. The summed E-state index contributed by atoms with van der Waals surface area (Å²) in [4.78, 5) is 13.0. The van der Waals surface area contributed by atoms with Gasteiger partial charge in [0.05, 0.1) is 12.3 Å². The summed E-state index contributed by atoms with van der Waals surface area (Å²) in [6.07, 6.45) is 5.24. The van der Waals surface area contributed by atoms with Gasteiger partial charge in [0, 0.05) is 54.6 Å². The number of pyridine rings is 3. The van der Waals surface area contributed by atoms with E-state index in [2.05, 4.69) is 42.3 Å². The van der Waals surface area contributed by atoms with Crippen LogP contribution in [0.2, 0.25) is 0 Å². The molecular formula is C21H22BrN7O. The first-order valence-corrected chi connectivity index (χ1v) is 10.3. The number of hydrogen-bond donors (Lipinski definition) is 2. The minimum Gasteiger partial charge on any atom is -0.478 e. The van der Waals surface area contributed by atoms with Crippen molar-refractivity contribution in [2.45, 2.75) is 12.8 Å². The predicted molar refractivity (Wildman–Crippen MR) is 121 cm³/mol. The van der Waals surface area contributed by atoms with E-state index >= 15 is 0 Å². The zero-order chi connectivity index (χ0) is 21.1. The Kier molecular flexibility index (Phi) is 5.80. The summed E-state index contributed by atoms with van der Waals surface area (Å²) in [5.74, 6) is 1.84. The van der Waals surface area contributed by atoms with E-state index in [9.17, 15) is 0 Å². The van der Waals surface area contributed by atoms with Crippen molar-refractivity contribution in [3.05, 3.63) is 53.0 Å². The van der Waals surface area contributed by atoms with Crippen LogP contribution in [0.1, 0.15) is 12.1 Å². The van der Waals surface area contributed by atoms with Gasteiger partial charge in [-0.25, -0.2) is 15.0 Å². The van der Waals surface area contributed by atoms with Crippen molar-refractivity contribution in [3.8, 4) is 17.1 Å². The molecule has 0 aliphatic rings. The summed E-state index contributed by atoms with van der Waals surface area (Å²) >= 11 is 3.35. The topological polar surface area (TPSA) is 104 Å². The smallest absolute Gasteiger partial charge is 0.214 e. The van der Waals surface area contributed by atoms with Gasteiger partial charge < -0.3 is 15.8 Å². The number of ether oxygens (including phenoxy) is 1. The molecule has 0 saturated heterocycles. The van der Waals surface area contributed by atoms with Crippen LogP contribution in [0.25, 0.3) is 22.0 Å². The van der Waals surface area contributed by atoms with Crippen molar-refractivity contribution in [2.75, 3.05) is 24.7 Å². The Balaban J connectivity index is 1.52. The van der Waals surface area contributed by atoms with E-state index in [0.717, 1.165) is 51.0 Å². The Morgan fingerprint density at radius 3 is 2.83 bits per heavy atom. The highest BCUT2D eigenvalue weighted by atomic mass is 79.9. The monoisotopic (exact) mass is 467 g/mol. The number of aryl methyl sites for hydroxylation is 2. The first kappa shape index (κ1) is 20.1. The lowest BCUT2D eigenvalue weighted by molar-refractivity contribution is 0.297. The van der Waals surface area contributed by atoms with E-state index in [1.165, 1.54) is 0 Å². The Labute approximate surface area is 182 Å². The van der Waals surface area contributed by atoms with E-state index in [1.54, 1.807) is 6.20 Å². The van der Waals surface area contributed by atoms with Crippen LogP contribution in [0.5, 0.6) is 5.88 Å². The van der Waals surface area contributed by atoms with Gasteiger partial charge in [-0.1, -0.05) is 6.07 Å². The molecule has 4 aromatic rings. The predicted octanol–water partition coefficient (Wildman–Crippen LogP) is 3.82. The van der Waals surface area contributed by atoms with Gasteiger partial charge in [-0.15, -0.1) is 0 Å². The lowest BCUT2D eigenvalue weighted by Gasteiger charge is -2.08. The molecule has 0 aliphatic heterocycles. The van der Waals surface area contributed by atoms with Crippen LogP contribution in [0.15, 0.2) is 47.3 Å². The van der Waals surface area contributed by atoms with Crippen molar-refractivity contribution in [1.82, 2.24) is 24.7 Å². The van der Waals surface area contributed by atoms with E-state index in [4.69, 9.17) is 15.6 Å². The van der Waals surface area contributed by atoms with Gasteiger partial charge in [-0.2, -0.15) is 5.10 Å². The number of nitrogen functional groups attached to an aromatic ring is 1. The number of fused-ring (bicyclic) bond motifs is 1. The summed E-state index contributed by atoms with van der Waals surface area (Å²) in [6, 6.07) is 9.57. The lowest BCUT2D eigenvalue weighted by atomic mass is 10.1. The number of nitrogens with zero attached hydrogens (tertiary/aromatic N) is 5. The second-order valence-corrected chi connectivity index (χ2v) is 7.63. The summed E-state index contributed by atoms with van der Waals surface area (Å²) in [7, 11) is 3.78. The molecule has 9 heteroatoms. The SMILES string of the molecule is CNc1ncc(-c2cc(CCCOc3cccc(Br)n3)n(C)n2)c2cc(N)ncc12. The molecule has 0 unspecified atom stereocenters. The second-order valence-electron chi connectivity index (χ2n) is 6.82. The van der Waals surface area contributed by atoms with Crippen LogP contribution in [0, 0.1) is 0 Å². The second kappa shape index (κ2) is 8.66. The van der Waals surface area contributed by atoms with Crippen molar-refractivity contribution in [3.63, 3.8) is 0 Å². The molecule has 0 spiro atoms. The van der Waals surface area contributed by atoms with Crippen LogP contribution in [0.3, 0.4) is 0 Å². The summed E-state index contributed by atoms with van der Waals surface area (Å²) in [6.45, 7) is 0.577. The van der Waals surface area contributed by atoms with Gasteiger partial charge in [0.1, 0.15) is 16.2 Å². The summed E-state index contributed by atoms with van der Waals surface area (Å²) < 4.78 is 8.39. The quantitative estimate of drug-likeness (QED) is 0.314. The Morgan fingerprint density at radius 2 is 2.03 bits per heavy atom. The molecule has 4 heterocycles. The number of aromatic nitrogens is 5. The van der Waals surface area contributed by atoms with Gasteiger partial charge >= 0.3 is 0 Å². The van der Waals surface area contributed by atoms with E-state index in [0.29, 0.717) is 18.3 Å². The molecular weight excluding hydrogens is 446 g/mol. The third-order valence-electron chi connectivity index (χ3n) is 4.80. The standard InChI is InChI=1S/C21H22BrN7O/c1-24-21-16-12-25-19(23)10-14(16)15(11-26-21)17-9-13(29(2)28-17)5-4-8-30-20-7-3-6-18(22)27-20/h3,6-7,9-12H,4-5,8H2,1-2H3,(H2,23,25)(H,24,26). The molecule has 0 saturated carbocycles. The first-order valence-electron chi connectivity index (χ1n) is 9.56. The molecule has 0 amide bonds. The van der Waals surface area contributed by atoms with Crippen molar-refractivity contribution < 1.29 is 4.74 Å². The van der Waals surface area contributed by atoms with Gasteiger partial charge in [0.25, 0.3) is 0 Å². The number of nitrogens with one attached hydrogen (secondary N) is 1. The van der Waals surface area contributed by atoms with Crippen LogP contribution in [0.4, 0.5) is 11.6 Å². The normalized spacial score (nSPS) is 11.0.